The van der Waals surface area contributed by atoms with Crippen molar-refractivity contribution in [2.45, 2.75) is 57.6 Å². The Kier molecular flexibility index (Phi) is 10.5. The van der Waals surface area contributed by atoms with Crippen LogP contribution in [0, 0.1) is 5.41 Å². The second kappa shape index (κ2) is 12.4. The maximum atomic E-state index is 13.5. The van der Waals surface area contributed by atoms with Gasteiger partial charge in [0.2, 0.25) is 0 Å². The van der Waals surface area contributed by atoms with E-state index in [4.69, 9.17) is 10.5 Å². The largest absolute Gasteiger partial charge is 0.450 e. The first-order valence-corrected chi connectivity index (χ1v) is 12.4. The maximum absolute atomic E-state index is 13.5. The summed E-state index contributed by atoms with van der Waals surface area (Å²) in [4.78, 5) is 18.6. The van der Waals surface area contributed by atoms with Crippen molar-refractivity contribution in [1.29, 1.82) is 0 Å². The number of benzene rings is 2. The number of carbonyl (C=O) groups excluding carboxylic acids is 1. The van der Waals surface area contributed by atoms with E-state index in [2.05, 4.69) is 55.0 Å². The number of esters is 1. The lowest BCUT2D eigenvalue weighted by Gasteiger charge is -2.57. The minimum atomic E-state index is -0.717. The molecule has 2 aromatic carbocycles. The molecule has 0 amide bonds. The summed E-state index contributed by atoms with van der Waals surface area (Å²) < 4.78 is 6.67. The highest BCUT2D eigenvalue weighted by Crippen LogP contribution is 2.51. The number of halogens is 2. The van der Waals surface area contributed by atoms with Crippen molar-refractivity contribution in [2.75, 3.05) is 39.0 Å². The number of hydrogen-bond acceptors (Lipinski definition) is 5. The van der Waals surface area contributed by atoms with E-state index >= 15 is 0 Å². The molecule has 35 heavy (non-hydrogen) atoms. The minimum Gasteiger partial charge on any atom is -0.450 e. The molecule has 7 heteroatoms. The maximum Gasteiger partial charge on any atom is 0.339 e. The molecule has 194 valence electrons. The molecule has 2 N–H and O–H groups in total. The van der Waals surface area contributed by atoms with Gasteiger partial charge in [-0.15, -0.1) is 24.8 Å². The molecule has 0 aromatic heterocycles. The van der Waals surface area contributed by atoms with Crippen LogP contribution in [0.5, 0.6) is 0 Å². The number of nitrogen functional groups attached to an aromatic ring is 1. The highest BCUT2D eigenvalue weighted by Gasteiger charge is 2.57. The second-order valence-electron chi connectivity index (χ2n) is 10.4. The molecule has 2 aliphatic rings. The predicted octanol–water partition coefficient (Wildman–Crippen LogP) is 5.77. The van der Waals surface area contributed by atoms with E-state index in [0.717, 1.165) is 38.2 Å². The summed E-state index contributed by atoms with van der Waals surface area (Å²) in [6.07, 6.45) is 5.86. The summed E-state index contributed by atoms with van der Waals surface area (Å²) in [7, 11) is 2.20. The van der Waals surface area contributed by atoms with Crippen molar-refractivity contribution in [3.8, 4) is 0 Å². The first-order valence-electron chi connectivity index (χ1n) is 12.4. The SMILES string of the molecule is CC1CC(OC(=O)c2ccc(N)cc2)(c2ccccc2)C(C)(CN2CCCCCC2)CN1C.Cl.Cl. The fourth-order valence-electron chi connectivity index (χ4n) is 5.85. The summed E-state index contributed by atoms with van der Waals surface area (Å²) >= 11 is 0. The van der Waals surface area contributed by atoms with Crippen molar-refractivity contribution in [1.82, 2.24) is 9.80 Å². The van der Waals surface area contributed by atoms with Crippen molar-refractivity contribution in [2.24, 2.45) is 5.41 Å². The standard InChI is InChI=1S/C28H39N3O2.2ClH/c1-22-19-28(24-11-7-6-8-12-24,33-26(32)23-13-15-25(29)16-14-23)27(2,20-30(22)3)21-31-17-9-4-5-10-18-31;;/h6-8,11-16,22H,4-5,9-10,17-21,29H2,1-3H3;2*1H. The zero-order valence-electron chi connectivity index (χ0n) is 21.2. The Morgan fingerprint density at radius 3 is 2.20 bits per heavy atom. The van der Waals surface area contributed by atoms with Gasteiger partial charge in [0, 0.05) is 36.7 Å². The molecule has 2 saturated heterocycles. The van der Waals surface area contributed by atoms with Gasteiger partial charge in [0.15, 0.2) is 0 Å². The number of nitrogens with two attached hydrogens (primary N) is 1. The van der Waals surface area contributed by atoms with E-state index in [1.165, 1.54) is 25.7 Å². The third-order valence-electron chi connectivity index (χ3n) is 7.83. The lowest BCUT2D eigenvalue weighted by atomic mass is 9.63. The van der Waals surface area contributed by atoms with Gasteiger partial charge in [-0.3, -0.25) is 0 Å². The molecule has 0 aliphatic carbocycles. The van der Waals surface area contributed by atoms with Crippen molar-refractivity contribution >= 4 is 36.5 Å². The number of ether oxygens (including phenoxy) is 1. The predicted molar refractivity (Wildman–Crippen MR) is 149 cm³/mol. The normalized spacial score (nSPS) is 27.7. The monoisotopic (exact) mass is 521 g/mol. The average Bonchev–Trinajstić information content (AvgIpc) is 3.07. The first-order chi connectivity index (χ1) is 15.8. The Balaban J connectivity index is 0.00000216. The van der Waals surface area contributed by atoms with Crippen LogP contribution in [0.25, 0.3) is 0 Å². The number of carbonyl (C=O) groups is 1. The van der Waals surface area contributed by atoms with Crippen LogP contribution in [0.1, 0.15) is 61.9 Å². The third kappa shape index (κ3) is 6.32. The van der Waals surface area contributed by atoms with Gasteiger partial charge in [-0.25, -0.2) is 4.79 Å². The fourth-order valence-corrected chi connectivity index (χ4v) is 5.85. The molecule has 3 unspecified atom stereocenters. The van der Waals surface area contributed by atoms with Gasteiger partial charge in [-0.1, -0.05) is 50.1 Å². The smallest absolute Gasteiger partial charge is 0.339 e. The summed E-state index contributed by atoms with van der Waals surface area (Å²) in [5.41, 5.74) is 7.16. The summed E-state index contributed by atoms with van der Waals surface area (Å²) in [6, 6.07) is 17.8. The van der Waals surface area contributed by atoms with Crippen LogP contribution >= 0.6 is 24.8 Å². The summed E-state index contributed by atoms with van der Waals surface area (Å²) in [5, 5.41) is 0. The Bertz CT molecular complexity index is 935. The van der Waals surface area contributed by atoms with Gasteiger partial charge in [-0.05, 0) is 69.7 Å². The first kappa shape index (κ1) is 29.4. The molecular weight excluding hydrogens is 481 g/mol. The molecule has 0 radical (unpaired) electrons. The molecule has 0 saturated carbocycles. The van der Waals surface area contributed by atoms with Crippen LogP contribution in [-0.2, 0) is 10.3 Å². The number of likely N-dealkylation sites (tertiary alicyclic amines) is 2. The molecule has 2 aromatic rings. The van der Waals surface area contributed by atoms with Gasteiger partial charge in [0.05, 0.1) is 5.56 Å². The van der Waals surface area contributed by atoms with Crippen LogP contribution in [0.3, 0.4) is 0 Å². The Morgan fingerprint density at radius 2 is 1.60 bits per heavy atom. The Labute approximate surface area is 223 Å². The number of anilines is 1. The quantitative estimate of drug-likeness (QED) is 0.399. The number of piperidine rings is 1. The highest BCUT2D eigenvalue weighted by molar-refractivity contribution is 5.90. The van der Waals surface area contributed by atoms with Gasteiger partial charge in [0.25, 0.3) is 0 Å². The van der Waals surface area contributed by atoms with E-state index in [1.807, 2.05) is 6.07 Å². The Morgan fingerprint density at radius 1 is 1.00 bits per heavy atom. The van der Waals surface area contributed by atoms with Crippen molar-refractivity contribution in [3.05, 3.63) is 65.7 Å². The van der Waals surface area contributed by atoms with Gasteiger partial charge in [-0.2, -0.15) is 0 Å². The van der Waals surface area contributed by atoms with E-state index in [9.17, 15) is 4.79 Å². The lowest BCUT2D eigenvalue weighted by Crippen LogP contribution is -2.63. The average molecular weight is 523 g/mol. The molecule has 4 rings (SSSR count). The van der Waals surface area contributed by atoms with E-state index < -0.39 is 5.60 Å². The lowest BCUT2D eigenvalue weighted by molar-refractivity contribution is -0.159. The van der Waals surface area contributed by atoms with Crippen LogP contribution < -0.4 is 5.73 Å². The minimum absolute atomic E-state index is 0. The summed E-state index contributed by atoms with van der Waals surface area (Å²) in [5.74, 6) is -0.280. The molecule has 0 spiro atoms. The molecule has 2 aliphatic heterocycles. The van der Waals surface area contributed by atoms with Crippen LogP contribution in [0.15, 0.2) is 54.6 Å². The molecule has 3 atom stereocenters. The van der Waals surface area contributed by atoms with Crippen molar-refractivity contribution < 1.29 is 9.53 Å². The number of nitrogens with zero attached hydrogens (tertiary/aromatic N) is 2. The molecule has 0 bridgehead atoms. The van der Waals surface area contributed by atoms with E-state index in [0.29, 0.717) is 17.3 Å². The number of rotatable bonds is 5. The zero-order chi connectivity index (χ0) is 23.5. The van der Waals surface area contributed by atoms with E-state index in [1.54, 1.807) is 24.3 Å². The van der Waals surface area contributed by atoms with Crippen LogP contribution in [-0.4, -0.2) is 55.0 Å². The molecule has 2 fully saturated rings. The van der Waals surface area contributed by atoms with Crippen molar-refractivity contribution in [3.63, 3.8) is 0 Å². The summed E-state index contributed by atoms with van der Waals surface area (Å²) in [6.45, 7) is 8.57. The van der Waals surface area contributed by atoms with Gasteiger partial charge < -0.3 is 20.3 Å². The zero-order valence-corrected chi connectivity index (χ0v) is 22.9. The topological polar surface area (TPSA) is 58.8 Å². The van der Waals surface area contributed by atoms with Crippen LogP contribution in [0.2, 0.25) is 0 Å². The highest BCUT2D eigenvalue weighted by atomic mass is 35.5. The van der Waals surface area contributed by atoms with Gasteiger partial charge >= 0.3 is 5.97 Å². The molecule has 2 heterocycles. The fraction of sp³-hybridized carbons (Fsp3) is 0.536. The van der Waals surface area contributed by atoms with E-state index in [-0.39, 0.29) is 36.2 Å². The Hall–Kier alpha value is -1.79. The van der Waals surface area contributed by atoms with Crippen LogP contribution in [0.4, 0.5) is 5.69 Å². The third-order valence-corrected chi connectivity index (χ3v) is 7.83. The number of hydrogen-bond donors (Lipinski definition) is 1. The second-order valence-corrected chi connectivity index (χ2v) is 10.4. The molecular formula is C28H41Cl2N3O2. The van der Waals surface area contributed by atoms with Gasteiger partial charge in [0.1, 0.15) is 5.60 Å². The molecule has 5 nitrogen and oxygen atoms in total.